The molecule has 0 aliphatic heterocycles. The average Bonchev–Trinajstić information content (AvgIpc) is 2.87. The molecule has 2 spiro atoms. The van der Waals surface area contributed by atoms with E-state index in [9.17, 15) is 4.79 Å². The van der Waals surface area contributed by atoms with Crippen molar-refractivity contribution in [3.63, 3.8) is 0 Å². The van der Waals surface area contributed by atoms with Crippen molar-refractivity contribution in [1.29, 1.82) is 0 Å². The molecule has 0 atom stereocenters. The number of hydrogen-bond donors (Lipinski definition) is 0. The van der Waals surface area contributed by atoms with Crippen molar-refractivity contribution in [2.45, 2.75) is 159 Å². The van der Waals surface area contributed by atoms with Crippen LogP contribution in [-0.4, -0.2) is 35.5 Å². The van der Waals surface area contributed by atoms with Crippen LogP contribution in [0.15, 0.2) is 0 Å². The summed E-state index contributed by atoms with van der Waals surface area (Å²) in [4.78, 5) is 13.7. The summed E-state index contributed by atoms with van der Waals surface area (Å²) in [5.74, 6) is 0.346. The summed E-state index contributed by atoms with van der Waals surface area (Å²) in [6.07, 6.45) is 22.6. The summed E-state index contributed by atoms with van der Waals surface area (Å²) < 4.78 is 11.4. The first-order chi connectivity index (χ1) is 16.9. The molecule has 0 heterocycles. The second kappa shape index (κ2) is 14.4. The molecule has 5 heteroatoms. The van der Waals surface area contributed by atoms with Gasteiger partial charge in [0.05, 0.1) is 23.0 Å². The van der Waals surface area contributed by atoms with Crippen LogP contribution in [0.2, 0.25) is 0 Å². The zero-order valence-corrected chi connectivity index (χ0v) is 24.2. The highest BCUT2D eigenvalue weighted by molar-refractivity contribution is 6.55. The van der Waals surface area contributed by atoms with Crippen LogP contribution >= 0.6 is 23.2 Å². The van der Waals surface area contributed by atoms with E-state index < -0.39 is 15.2 Å². The number of halogens is 2. The Labute approximate surface area is 225 Å². The smallest absolute Gasteiger partial charge is 0.151 e. The quantitative estimate of drug-likeness (QED) is 0.147. The summed E-state index contributed by atoms with van der Waals surface area (Å²) in [7, 11) is 0. The Kier molecular flexibility index (Phi) is 12.2. The van der Waals surface area contributed by atoms with Crippen molar-refractivity contribution < 1.29 is 14.3 Å². The molecule has 0 bridgehead atoms. The van der Waals surface area contributed by atoms with Gasteiger partial charge >= 0.3 is 0 Å². The minimum Gasteiger partial charge on any atom is -0.378 e. The predicted octanol–water partition coefficient (Wildman–Crippen LogP) is 9.36. The first kappa shape index (κ1) is 29.7. The number of rotatable bonds is 16. The third-order valence-electron chi connectivity index (χ3n) is 9.35. The first-order valence-electron chi connectivity index (χ1n) is 15.1. The van der Waals surface area contributed by atoms with Gasteiger partial charge in [-0.15, -0.1) is 0 Å². The van der Waals surface area contributed by atoms with Crippen LogP contribution in [0.25, 0.3) is 0 Å². The highest BCUT2D eigenvalue weighted by atomic mass is 35.5. The normalized spacial score (nSPS) is 32.3. The molecule has 0 amide bonds. The molecule has 0 aromatic carbocycles. The van der Waals surface area contributed by atoms with Crippen molar-refractivity contribution in [3.8, 4) is 0 Å². The molecule has 3 saturated carbocycles. The van der Waals surface area contributed by atoms with Crippen molar-refractivity contribution in [2.75, 3.05) is 13.2 Å². The lowest BCUT2D eigenvalue weighted by Gasteiger charge is -2.66. The number of ketones is 1. The molecule has 3 fully saturated rings. The van der Waals surface area contributed by atoms with E-state index in [-0.39, 0.29) is 12.2 Å². The van der Waals surface area contributed by atoms with E-state index in [1.165, 1.54) is 64.2 Å². The van der Waals surface area contributed by atoms with Gasteiger partial charge in [-0.3, -0.25) is 4.79 Å². The van der Waals surface area contributed by atoms with Gasteiger partial charge in [0.25, 0.3) is 0 Å². The maximum atomic E-state index is 13.7. The van der Waals surface area contributed by atoms with Crippen molar-refractivity contribution >= 4 is 29.0 Å². The van der Waals surface area contributed by atoms with Gasteiger partial charge in [-0.25, -0.2) is 0 Å². The monoisotopic (exact) mass is 530 g/mol. The van der Waals surface area contributed by atoms with Gasteiger partial charge in [0.15, 0.2) is 5.78 Å². The fraction of sp³-hybridized carbons (Fsp3) is 0.967. The first-order valence-corrected chi connectivity index (χ1v) is 15.8. The highest BCUT2D eigenvalue weighted by Gasteiger charge is 2.79. The lowest BCUT2D eigenvalue weighted by molar-refractivity contribution is -0.176. The topological polar surface area (TPSA) is 35.5 Å². The third-order valence-corrected chi connectivity index (χ3v) is 10.8. The summed E-state index contributed by atoms with van der Waals surface area (Å²) in [6.45, 7) is 6.19. The number of unbranched alkanes of at least 4 members (excludes halogenated alkanes) is 10. The maximum Gasteiger partial charge on any atom is 0.151 e. The van der Waals surface area contributed by atoms with Crippen LogP contribution < -0.4 is 0 Å². The molecule has 0 radical (unpaired) electrons. The SMILES string of the molecule is CCCCCCCCOC1CC[C@]2(CC1)C(=O)[C@@]1(CCC(OCCCCCCCC)CC1)C2(Cl)Cl. The van der Waals surface area contributed by atoms with Crippen LogP contribution in [0, 0.1) is 10.8 Å². The van der Waals surface area contributed by atoms with Gasteiger partial charge < -0.3 is 9.47 Å². The standard InChI is InChI=1S/C30H52Cl2O3/c1-3-5-7-9-11-13-23-34-25-15-19-28(20-16-25)27(33)29(30(28,31)32)21-17-26(18-22-29)35-24-14-12-10-8-6-4-2/h25-26H,3-24H2,1-2H3/t25?,26?,28-,29-. The molecular weight excluding hydrogens is 479 g/mol. The fourth-order valence-electron chi connectivity index (χ4n) is 6.99. The van der Waals surface area contributed by atoms with E-state index in [1.807, 2.05) is 0 Å². The molecule has 0 aromatic rings. The Balaban J connectivity index is 1.35. The van der Waals surface area contributed by atoms with Gasteiger partial charge in [-0.1, -0.05) is 101 Å². The lowest BCUT2D eigenvalue weighted by Crippen LogP contribution is -2.74. The van der Waals surface area contributed by atoms with Gasteiger partial charge in [-0.2, -0.15) is 0 Å². The molecule has 0 unspecified atom stereocenters. The van der Waals surface area contributed by atoms with Crippen molar-refractivity contribution in [2.24, 2.45) is 10.8 Å². The number of carbonyl (C=O) groups excluding carboxylic acids is 1. The van der Waals surface area contributed by atoms with E-state index in [2.05, 4.69) is 13.8 Å². The molecule has 0 saturated heterocycles. The second-order valence-corrected chi connectivity index (χ2v) is 13.1. The van der Waals surface area contributed by atoms with E-state index >= 15 is 0 Å². The zero-order valence-electron chi connectivity index (χ0n) is 22.7. The van der Waals surface area contributed by atoms with E-state index in [4.69, 9.17) is 32.7 Å². The molecule has 0 N–H and O–H groups in total. The number of Topliss-reactive ketones (excluding diaryl/α,β-unsaturated/α-hetero) is 1. The van der Waals surface area contributed by atoms with Crippen molar-refractivity contribution in [1.82, 2.24) is 0 Å². The van der Waals surface area contributed by atoms with E-state index in [0.29, 0.717) is 5.78 Å². The van der Waals surface area contributed by atoms with Crippen LogP contribution in [0.4, 0.5) is 0 Å². The third kappa shape index (κ3) is 6.79. The summed E-state index contributed by atoms with van der Waals surface area (Å²) >= 11 is 14.2. The molecule has 0 aromatic heterocycles. The van der Waals surface area contributed by atoms with Crippen LogP contribution in [0.1, 0.15) is 142 Å². The molecule has 3 aliphatic rings. The molecule has 3 aliphatic carbocycles. The van der Waals surface area contributed by atoms with Crippen LogP contribution in [0.3, 0.4) is 0 Å². The maximum absolute atomic E-state index is 13.7. The summed E-state index contributed by atoms with van der Waals surface area (Å²) in [5, 5.41) is 0. The Hall–Kier alpha value is 0.170. The summed E-state index contributed by atoms with van der Waals surface area (Å²) in [6, 6.07) is 0. The number of carbonyl (C=O) groups is 1. The molecular formula is C30H52Cl2O3. The minimum atomic E-state index is -0.939. The highest BCUT2D eigenvalue weighted by Crippen LogP contribution is 2.74. The van der Waals surface area contributed by atoms with Gasteiger partial charge in [0.1, 0.15) is 4.33 Å². The van der Waals surface area contributed by atoms with E-state index in [1.54, 1.807) is 0 Å². The fourth-order valence-corrected chi connectivity index (χ4v) is 8.09. The van der Waals surface area contributed by atoms with Gasteiger partial charge in [-0.05, 0) is 64.2 Å². The van der Waals surface area contributed by atoms with Crippen LogP contribution in [0.5, 0.6) is 0 Å². The predicted molar refractivity (Wildman–Crippen MR) is 147 cm³/mol. The number of hydrogen-bond acceptors (Lipinski definition) is 3. The van der Waals surface area contributed by atoms with Crippen molar-refractivity contribution in [3.05, 3.63) is 0 Å². The minimum absolute atomic E-state index is 0.260. The summed E-state index contributed by atoms with van der Waals surface area (Å²) in [5.41, 5.74) is -1.11. The number of alkyl halides is 2. The second-order valence-electron chi connectivity index (χ2n) is 11.7. The Morgan fingerprint density at radius 3 is 1.31 bits per heavy atom. The molecule has 3 rings (SSSR count). The largest absolute Gasteiger partial charge is 0.378 e. The molecule has 204 valence electrons. The molecule has 3 nitrogen and oxygen atoms in total. The number of ether oxygens (including phenoxy) is 2. The molecule has 35 heavy (non-hydrogen) atoms. The average molecular weight is 532 g/mol. The zero-order chi connectivity index (χ0) is 25.2. The van der Waals surface area contributed by atoms with E-state index in [0.717, 1.165) is 77.4 Å². The Morgan fingerprint density at radius 1 is 0.629 bits per heavy atom. The Bertz CT molecular complexity index is 569. The van der Waals surface area contributed by atoms with Crippen LogP contribution in [-0.2, 0) is 14.3 Å². The van der Waals surface area contributed by atoms with Gasteiger partial charge in [0.2, 0.25) is 0 Å². The van der Waals surface area contributed by atoms with Gasteiger partial charge in [0, 0.05) is 13.2 Å². The lowest BCUT2D eigenvalue weighted by atomic mass is 9.43. The Morgan fingerprint density at radius 2 is 0.971 bits per heavy atom.